The smallest absolute Gasteiger partial charge is 0.349 e. The van der Waals surface area contributed by atoms with Crippen LogP contribution in [0.15, 0.2) is 17.1 Å². The number of hydrogen-bond acceptors (Lipinski definition) is 7. The van der Waals surface area contributed by atoms with Crippen LogP contribution in [0.25, 0.3) is 0 Å². The molecule has 1 radical (unpaired) electrons. The molecule has 10 nitrogen and oxygen atoms in total. The van der Waals surface area contributed by atoms with Crippen LogP contribution < -0.4 is 21.0 Å². The van der Waals surface area contributed by atoms with E-state index in [4.69, 9.17) is 9.84 Å². The summed E-state index contributed by atoms with van der Waals surface area (Å²) < 4.78 is 5.78. The van der Waals surface area contributed by atoms with Crippen LogP contribution in [0.4, 0.5) is 0 Å². The van der Waals surface area contributed by atoms with E-state index < -0.39 is 42.7 Å². The number of ether oxygens (including phenoxy) is 1. The SMILES string of the molecule is O.O.O=c1nc([O-])ccn1[C@@H]1O[C@H](CO)[C@@H]([O-])[C@H]1[O-].[V]. The van der Waals surface area contributed by atoms with Crippen LogP contribution in [-0.4, -0.2) is 50.5 Å². The van der Waals surface area contributed by atoms with E-state index in [1.54, 1.807) is 0 Å². The Balaban J connectivity index is 0. The first-order valence-corrected chi connectivity index (χ1v) is 4.88. The van der Waals surface area contributed by atoms with E-state index in [9.17, 15) is 20.1 Å². The van der Waals surface area contributed by atoms with Crippen LogP contribution in [0, 0.1) is 0 Å². The van der Waals surface area contributed by atoms with Gasteiger partial charge in [0.1, 0.15) is 6.23 Å². The number of hydrogen-bond donors (Lipinski definition) is 1. The van der Waals surface area contributed by atoms with E-state index in [-0.39, 0.29) is 29.5 Å². The van der Waals surface area contributed by atoms with E-state index in [1.807, 2.05) is 0 Å². The first-order valence-electron chi connectivity index (χ1n) is 4.88. The second-order valence-corrected chi connectivity index (χ2v) is 3.63. The molecule has 0 aromatic carbocycles. The van der Waals surface area contributed by atoms with Gasteiger partial charge in [0, 0.05) is 24.8 Å². The van der Waals surface area contributed by atoms with Crippen molar-refractivity contribution < 1.29 is 54.7 Å². The zero-order valence-corrected chi connectivity index (χ0v) is 11.4. The molecule has 1 saturated heterocycles. The fourth-order valence-corrected chi connectivity index (χ4v) is 1.67. The summed E-state index contributed by atoms with van der Waals surface area (Å²) in [6.45, 7) is -0.592. The van der Waals surface area contributed by atoms with E-state index in [0.29, 0.717) is 0 Å². The van der Waals surface area contributed by atoms with Gasteiger partial charge in [0.25, 0.3) is 0 Å². The van der Waals surface area contributed by atoms with Gasteiger partial charge in [-0.05, 0) is 11.9 Å². The third kappa shape index (κ3) is 3.78. The van der Waals surface area contributed by atoms with Crippen molar-refractivity contribution in [1.82, 2.24) is 9.55 Å². The molecule has 0 bridgehead atoms. The minimum atomic E-state index is -1.73. The topological polar surface area (TPSA) is 197 Å². The minimum Gasteiger partial charge on any atom is -0.858 e. The Morgan fingerprint density at radius 2 is 1.95 bits per heavy atom. The molecule has 1 aromatic heterocycles. The van der Waals surface area contributed by atoms with E-state index >= 15 is 0 Å². The largest absolute Gasteiger partial charge is 0.858 e. The van der Waals surface area contributed by atoms with Gasteiger partial charge in [0.15, 0.2) is 0 Å². The summed E-state index contributed by atoms with van der Waals surface area (Å²) >= 11 is 0. The standard InChI is InChI=1S/C9H10N2O6.2H2O.V/c12-3-4-6(14)7(15)8(17-4)11-2-1-5(13)10-9(11)16;;;/h1-2,4,6-8,12H,3H2,(H,10,13,16);2*1H2;/q-2;;;/p-1/t4-,6-,7-,8-;;;/m1.../s1. The van der Waals surface area contributed by atoms with Gasteiger partial charge in [-0.2, -0.15) is 0 Å². The van der Waals surface area contributed by atoms with Gasteiger partial charge in [-0.15, -0.1) is 6.10 Å². The van der Waals surface area contributed by atoms with Gasteiger partial charge >= 0.3 is 5.69 Å². The van der Waals surface area contributed by atoms with Crippen molar-refractivity contribution in [3.8, 4) is 5.88 Å². The van der Waals surface area contributed by atoms with Gasteiger partial charge < -0.3 is 36.1 Å². The molecule has 115 valence electrons. The Morgan fingerprint density at radius 3 is 2.40 bits per heavy atom. The van der Waals surface area contributed by atoms with Crippen LogP contribution in [0.2, 0.25) is 0 Å². The van der Waals surface area contributed by atoms with E-state index in [0.717, 1.165) is 16.8 Å². The van der Waals surface area contributed by atoms with E-state index in [2.05, 4.69) is 4.98 Å². The molecule has 1 fully saturated rings. The fourth-order valence-electron chi connectivity index (χ4n) is 1.67. The zero-order chi connectivity index (χ0) is 12.6. The molecule has 2 rings (SSSR count). The molecular formula is C9H13N2O8V-3. The van der Waals surface area contributed by atoms with Crippen LogP contribution in [0.1, 0.15) is 6.23 Å². The molecule has 5 N–H and O–H groups in total. The van der Waals surface area contributed by atoms with Gasteiger partial charge in [-0.1, -0.05) is 6.10 Å². The number of aliphatic hydroxyl groups excluding tert-OH is 1. The fraction of sp³-hybridized carbons (Fsp3) is 0.556. The summed E-state index contributed by atoms with van der Waals surface area (Å²) in [7, 11) is 0. The normalized spacial score (nSPS) is 27.9. The second-order valence-electron chi connectivity index (χ2n) is 3.63. The third-order valence-corrected chi connectivity index (χ3v) is 2.54. The average Bonchev–Trinajstić information content (AvgIpc) is 2.57. The molecule has 4 atom stereocenters. The number of aliphatic hydroxyl groups is 1. The maximum Gasteiger partial charge on any atom is 0.349 e. The van der Waals surface area contributed by atoms with Gasteiger partial charge in [-0.25, -0.2) is 9.78 Å². The molecule has 11 heteroatoms. The summed E-state index contributed by atoms with van der Waals surface area (Å²) in [6.07, 6.45) is -4.83. The summed E-state index contributed by atoms with van der Waals surface area (Å²) in [4.78, 5) is 14.4. The van der Waals surface area contributed by atoms with E-state index in [1.165, 1.54) is 0 Å². The zero-order valence-electron chi connectivity index (χ0n) is 10.0. The molecule has 0 amide bonds. The molecule has 0 saturated carbocycles. The summed E-state index contributed by atoms with van der Waals surface area (Å²) in [5, 5.41) is 42.6. The molecule has 1 aliphatic rings. The molecule has 2 heterocycles. The van der Waals surface area contributed by atoms with Crippen LogP contribution >= 0.6 is 0 Å². The van der Waals surface area contributed by atoms with Gasteiger partial charge in [0.05, 0.1) is 12.7 Å². The van der Waals surface area contributed by atoms with Crippen LogP contribution in [0.3, 0.4) is 0 Å². The van der Waals surface area contributed by atoms with Crippen molar-refractivity contribution in [2.45, 2.75) is 24.5 Å². The monoisotopic (exact) mass is 328 g/mol. The maximum atomic E-state index is 11.6. The third-order valence-electron chi connectivity index (χ3n) is 2.54. The Kier molecular flexibility index (Phi) is 8.89. The van der Waals surface area contributed by atoms with Crippen molar-refractivity contribution in [2.24, 2.45) is 0 Å². The number of rotatable bonds is 2. The maximum absolute atomic E-state index is 11.6. The van der Waals surface area contributed by atoms with Gasteiger partial charge in [-0.3, -0.25) is 4.57 Å². The van der Waals surface area contributed by atoms with Crippen molar-refractivity contribution in [1.29, 1.82) is 0 Å². The summed E-state index contributed by atoms with van der Waals surface area (Å²) in [6, 6.07) is 0.990. The predicted molar refractivity (Wildman–Crippen MR) is 53.7 cm³/mol. The summed E-state index contributed by atoms with van der Waals surface area (Å²) in [5.74, 6) is -0.732. The molecule has 0 aliphatic carbocycles. The minimum absolute atomic E-state index is 0. The average molecular weight is 328 g/mol. The van der Waals surface area contributed by atoms with Crippen molar-refractivity contribution in [2.75, 3.05) is 6.61 Å². The predicted octanol–water partition coefficient (Wildman–Crippen LogP) is -5.99. The van der Waals surface area contributed by atoms with Crippen molar-refractivity contribution >= 4 is 0 Å². The second kappa shape index (κ2) is 8.34. The molecule has 20 heavy (non-hydrogen) atoms. The molecule has 0 unspecified atom stereocenters. The molecule has 0 spiro atoms. The number of aromatic nitrogens is 2. The number of nitrogens with zero attached hydrogens (tertiary/aromatic N) is 2. The van der Waals surface area contributed by atoms with Gasteiger partial charge in [0.2, 0.25) is 0 Å². The van der Waals surface area contributed by atoms with Crippen LogP contribution in [-0.2, 0) is 23.3 Å². The Morgan fingerprint density at radius 1 is 1.35 bits per heavy atom. The van der Waals surface area contributed by atoms with Crippen molar-refractivity contribution in [3.05, 3.63) is 22.7 Å². The Bertz CT molecular complexity index is 470. The summed E-state index contributed by atoms with van der Waals surface area (Å²) in [5.41, 5.74) is -0.950. The molecule has 1 aromatic rings. The quantitative estimate of drug-likeness (QED) is 0.557. The van der Waals surface area contributed by atoms with Crippen LogP contribution in [0.5, 0.6) is 5.88 Å². The first-order chi connectivity index (χ1) is 8.04. The first kappa shape index (κ1) is 21.3. The van der Waals surface area contributed by atoms with Crippen molar-refractivity contribution in [3.63, 3.8) is 0 Å². The Hall–Kier alpha value is -0.976. The Labute approximate surface area is 124 Å². The molecule has 1 aliphatic heterocycles. The molecular weight excluding hydrogens is 315 g/mol.